The van der Waals surface area contributed by atoms with Crippen LogP contribution in [0.5, 0.6) is 5.75 Å². The van der Waals surface area contributed by atoms with Crippen molar-refractivity contribution in [2.24, 2.45) is 0 Å². The minimum atomic E-state index is -0.892. The fraction of sp³-hybridized carbons (Fsp3) is 0.321. The summed E-state index contributed by atoms with van der Waals surface area (Å²) in [5, 5.41) is 5.11. The van der Waals surface area contributed by atoms with Crippen LogP contribution in [-0.4, -0.2) is 30.7 Å². The molecule has 35 heavy (non-hydrogen) atoms. The minimum Gasteiger partial charge on any atom is -0.497 e. The number of ether oxygens (including phenoxy) is 1. The third kappa shape index (κ3) is 5.98. The van der Waals surface area contributed by atoms with Gasteiger partial charge >= 0.3 is 0 Å². The monoisotopic (exact) mass is 490 g/mol. The molecule has 182 valence electrons. The van der Waals surface area contributed by atoms with Crippen molar-refractivity contribution in [3.8, 4) is 5.75 Å². The van der Waals surface area contributed by atoms with Crippen molar-refractivity contribution in [2.75, 3.05) is 12.0 Å². The molecule has 2 amide bonds. The van der Waals surface area contributed by atoms with Gasteiger partial charge in [0.25, 0.3) is 0 Å². The van der Waals surface area contributed by atoms with Crippen molar-refractivity contribution >= 4 is 34.6 Å². The first kappa shape index (κ1) is 24.7. The molecule has 1 unspecified atom stereocenters. The number of carbonyl (C=O) groups is 3. The van der Waals surface area contributed by atoms with Crippen LogP contribution in [0.15, 0.2) is 66.0 Å². The molecular weight excluding hydrogens is 460 g/mol. The van der Waals surface area contributed by atoms with E-state index in [-0.39, 0.29) is 30.1 Å². The molecule has 1 aliphatic rings. The molecular formula is C28H30N2O4S. The van der Waals surface area contributed by atoms with Crippen molar-refractivity contribution in [3.05, 3.63) is 82.0 Å². The number of Topliss-reactive ketones (excluding diaryl/α,β-unsaturated/α-hetero) is 1. The van der Waals surface area contributed by atoms with Crippen molar-refractivity contribution in [1.29, 1.82) is 0 Å². The zero-order chi connectivity index (χ0) is 24.8. The van der Waals surface area contributed by atoms with Crippen LogP contribution < -0.4 is 15.0 Å². The average Bonchev–Trinajstić information content (AvgIpc) is 3.57. The molecule has 6 nitrogen and oxygen atoms in total. The van der Waals surface area contributed by atoms with E-state index in [0.717, 1.165) is 30.6 Å². The second-order valence-electron chi connectivity index (χ2n) is 8.79. The number of carbonyl (C=O) groups excluding carboxylic acids is 3. The highest BCUT2D eigenvalue weighted by Gasteiger charge is 2.34. The summed E-state index contributed by atoms with van der Waals surface area (Å²) in [7, 11) is 1.59. The van der Waals surface area contributed by atoms with Crippen molar-refractivity contribution in [2.45, 2.75) is 51.1 Å². The maximum absolute atomic E-state index is 13.8. The van der Waals surface area contributed by atoms with Gasteiger partial charge in [0.2, 0.25) is 11.8 Å². The molecule has 1 heterocycles. The molecule has 3 aromatic rings. The van der Waals surface area contributed by atoms with Crippen LogP contribution in [0.2, 0.25) is 0 Å². The minimum absolute atomic E-state index is 0.0982. The van der Waals surface area contributed by atoms with Crippen molar-refractivity contribution in [3.63, 3.8) is 0 Å². The first-order chi connectivity index (χ1) is 17.0. The van der Waals surface area contributed by atoms with E-state index < -0.39 is 6.04 Å². The van der Waals surface area contributed by atoms with Crippen LogP contribution in [0, 0.1) is 0 Å². The quantitative estimate of drug-likeness (QED) is 0.411. The van der Waals surface area contributed by atoms with Gasteiger partial charge < -0.3 is 10.1 Å². The van der Waals surface area contributed by atoms with Gasteiger partial charge in [-0.05, 0) is 61.0 Å². The first-order valence-corrected chi connectivity index (χ1v) is 12.7. The smallest absolute Gasteiger partial charge is 0.248 e. The molecule has 1 atom stereocenters. The topological polar surface area (TPSA) is 75.7 Å². The van der Waals surface area contributed by atoms with E-state index in [4.69, 9.17) is 4.74 Å². The molecule has 1 fully saturated rings. The number of ketones is 1. The number of nitrogens with one attached hydrogen (secondary N) is 1. The summed E-state index contributed by atoms with van der Waals surface area (Å²) in [6.45, 7) is 1.49. The number of hydrogen-bond donors (Lipinski definition) is 1. The van der Waals surface area contributed by atoms with Crippen molar-refractivity contribution in [1.82, 2.24) is 5.32 Å². The predicted octanol–water partition coefficient (Wildman–Crippen LogP) is 5.34. The fourth-order valence-corrected chi connectivity index (χ4v) is 5.21. The lowest BCUT2D eigenvalue weighted by atomic mass is 10.0. The molecule has 1 saturated carbocycles. The Morgan fingerprint density at radius 1 is 1.06 bits per heavy atom. The molecule has 2 aromatic carbocycles. The Bertz CT molecular complexity index is 1170. The van der Waals surface area contributed by atoms with Gasteiger partial charge in [0.15, 0.2) is 5.78 Å². The van der Waals surface area contributed by atoms with Gasteiger partial charge in [0, 0.05) is 22.2 Å². The highest BCUT2D eigenvalue weighted by molar-refractivity contribution is 7.10. The molecule has 4 rings (SSSR count). The third-order valence-electron chi connectivity index (χ3n) is 6.34. The number of nitrogens with zero attached hydrogens (tertiary/aromatic N) is 1. The van der Waals surface area contributed by atoms with Crippen LogP contribution in [0.3, 0.4) is 0 Å². The van der Waals surface area contributed by atoms with Crippen LogP contribution in [0.1, 0.15) is 59.4 Å². The number of rotatable bonds is 9. The Balaban J connectivity index is 1.79. The largest absolute Gasteiger partial charge is 0.497 e. The average molecular weight is 491 g/mol. The Kier molecular flexibility index (Phi) is 7.98. The summed E-state index contributed by atoms with van der Waals surface area (Å²) in [6.07, 6.45) is 4.19. The SMILES string of the molecule is COc1ccc(C(C(=O)NC2CCCC2)N(C(=O)Cc2cccs2)c2cccc(C(C)=O)c2)cc1. The van der Waals surface area contributed by atoms with E-state index in [1.807, 2.05) is 29.6 Å². The first-order valence-electron chi connectivity index (χ1n) is 11.9. The molecule has 0 radical (unpaired) electrons. The molecule has 0 saturated heterocycles. The van der Waals surface area contributed by atoms with Gasteiger partial charge in [-0.3, -0.25) is 19.3 Å². The van der Waals surface area contributed by atoms with Crippen LogP contribution in [0.4, 0.5) is 5.69 Å². The lowest BCUT2D eigenvalue weighted by Crippen LogP contribution is -2.46. The van der Waals surface area contributed by atoms with Crippen molar-refractivity contribution < 1.29 is 19.1 Å². The molecule has 0 aliphatic heterocycles. The Morgan fingerprint density at radius 3 is 2.43 bits per heavy atom. The van der Waals surface area contributed by atoms with Crippen LogP contribution in [-0.2, 0) is 16.0 Å². The normalized spacial score (nSPS) is 14.3. The second kappa shape index (κ2) is 11.3. The zero-order valence-electron chi connectivity index (χ0n) is 20.0. The molecule has 1 aliphatic carbocycles. The van der Waals surface area contributed by atoms with Gasteiger partial charge in [-0.25, -0.2) is 0 Å². The standard InChI is InChI=1S/C28H30N2O4S/c1-19(31)21-7-5-10-23(17-21)30(26(32)18-25-11-6-16-35-25)27(20-12-14-24(34-2)15-13-20)28(33)29-22-8-3-4-9-22/h5-7,10-17,22,27H,3-4,8-9,18H2,1-2H3,(H,29,33). The number of hydrogen-bond acceptors (Lipinski definition) is 5. The molecule has 1 aromatic heterocycles. The number of benzene rings is 2. The van der Waals surface area contributed by atoms with Crippen LogP contribution >= 0.6 is 11.3 Å². The summed E-state index contributed by atoms with van der Waals surface area (Å²) >= 11 is 1.50. The Labute approximate surface area is 209 Å². The van der Waals surface area contributed by atoms with Gasteiger partial charge in [0.1, 0.15) is 11.8 Å². The summed E-state index contributed by atoms with van der Waals surface area (Å²) in [5.74, 6) is 0.123. The van der Waals surface area contributed by atoms with E-state index in [0.29, 0.717) is 22.6 Å². The van der Waals surface area contributed by atoms with E-state index in [9.17, 15) is 14.4 Å². The number of amides is 2. The zero-order valence-corrected chi connectivity index (χ0v) is 20.8. The highest BCUT2D eigenvalue weighted by atomic mass is 32.1. The predicted molar refractivity (Wildman–Crippen MR) is 138 cm³/mol. The number of thiophene rings is 1. The molecule has 0 spiro atoms. The molecule has 0 bridgehead atoms. The summed E-state index contributed by atoms with van der Waals surface area (Å²) < 4.78 is 5.30. The van der Waals surface area contributed by atoms with E-state index in [2.05, 4.69) is 5.32 Å². The summed E-state index contributed by atoms with van der Waals surface area (Å²) in [6, 6.07) is 17.2. The maximum atomic E-state index is 13.8. The summed E-state index contributed by atoms with van der Waals surface area (Å²) in [4.78, 5) is 42.2. The lowest BCUT2D eigenvalue weighted by Gasteiger charge is -2.32. The fourth-order valence-electron chi connectivity index (χ4n) is 4.51. The van der Waals surface area contributed by atoms with E-state index in [1.165, 1.54) is 23.2 Å². The highest BCUT2D eigenvalue weighted by Crippen LogP contribution is 2.32. The maximum Gasteiger partial charge on any atom is 0.248 e. The van der Waals surface area contributed by atoms with Gasteiger partial charge in [0.05, 0.1) is 13.5 Å². The number of methoxy groups -OCH3 is 1. The van der Waals surface area contributed by atoms with E-state index >= 15 is 0 Å². The molecule has 7 heteroatoms. The molecule has 1 N–H and O–H groups in total. The van der Waals surface area contributed by atoms with E-state index in [1.54, 1.807) is 43.5 Å². The summed E-state index contributed by atoms with van der Waals surface area (Å²) in [5.41, 5.74) is 1.68. The van der Waals surface area contributed by atoms with Gasteiger partial charge in [-0.1, -0.05) is 43.2 Å². The lowest BCUT2D eigenvalue weighted by molar-refractivity contribution is -0.127. The number of anilines is 1. The van der Waals surface area contributed by atoms with Gasteiger partial charge in [-0.15, -0.1) is 11.3 Å². The third-order valence-corrected chi connectivity index (χ3v) is 7.22. The Morgan fingerprint density at radius 2 is 1.80 bits per heavy atom. The van der Waals surface area contributed by atoms with Crippen LogP contribution in [0.25, 0.3) is 0 Å². The van der Waals surface area contributed by atoms with Gasteiger partial charge in [-0.2, -0.15) is 0 Å². The Hall–Kier alpha value is -3.45. The second-order valence-corrected chi connectivity index (χ2v) is 9.82.